The molecule has 0 aliphatic heterocycles. The van der Waals surface area contributed by atoms with Crippen LogP contribution in [0.3, 0.4) is 0 Å². The number of methoxy groups -OCH3 is 1. The SMILES string of the molecule is CCCSCCC(NC1CC1)C(=O)OC. The molecule has 0 aromatic rings. The summed E-state index contributed by atoms with van der Waals surface area (Å²) in [5.74, 6) is 2.10. The molecule has 88 valence electrons. The van der Waals surface area contributed by atoms with E-state index in [1.165, 1.54) is 32.1 Å². The molecule has 0 amide bonds. The third kappa shape index (κ3) is 5.42. The predicted molar refractivity (Wildman–Crippen MR) is 64.2 cm³/mol. The van der Waals surface area contributed by atoms with Gasteiger partial charge in [-0.2, -0.15) is 11.8 Å². The highest BCUT2D eigenvalue weighted by molar-refractivity contribution is 7.99. The second-order valence-electron chi connectivity index (χ2n) is 3.92. The molecule has 3 nitrogen and oxygen atoms in total. The zero-order valence-corrected chi connectivity index (χ0v) is 10.4. The molecular formula is C11H21NO2S. The molecule has 0 bridgehead atoms. The summed E-state index contributed by atoms with van der Waals surface area (Å²) in [5, 5.41) is 3.33. The number of carbonyl (C=O) groups excluding carboxylic acids is 1. The van der Waals surface area contributed by atoms with Gasteiger partial charge in [0, 0.05) is 6.04 Å². The first-order valence-electron chi connectivity index (χ1n) is 5.69. The normalized spacial score (nSPS) is 17.5. The van der Waals surface area contributed by atoms with Gasteiger partial charge in [-0.25, -0.2) is 0 Å². The number of ether oxygens (including phenoxy) is 1. The molecule has 1 atom stereocenters. The fourth-order valence-corrected chi connectivity index (χ4v) is 2.29. The minimum absolute atomic E-state index is 0.0909. The zero-order valence-electron chi connectivity index (χ0n) is 9.62. The summed E-state index contributed by atoms with van der Waals surface area (Å²) in [5.41, 5.74) is 0. The highest BCUT2D eigenvalue weighted by Gasteiger charge is 2.28. The van der Waals surface area contributed by atoms with Gasteiger partial charge >= 0.3 is 5.97 Å². The van der Waals surface area contributed by atoms with E-state index in [2.05, 4.69) is 12.2 Å². The molecule has 4 heteroatoms. The topological polar surface area (TPSA) is 38.3 Å². The maximum Gasteiger partial charge on any atom is 0.322 e. The lowest BCUT2D eigenvalue weighted by Crippen LogP contribution is -2.39. The van der Waals surface area contributed by atoms with E-state index < -0.39 is 0 Å². The van der Waals surface area contributed by atoms with E-state index >= 15 is 0 Å². The van der Waals surface area contributed by atoms with E-state index in [0.29, 0.717) is 6.04 Å². The van der Waals surface area contributed by atoms with Crippen molar-refractivity contribution in [3.63, 3.8) is 0 Å². The molecule has 1 aliphatic rings. The van der Waals surface area contributed by atoms with Gasteiger partial charge in [-0.3, -0.25) is 4.79 Å². The van der Waals surface area contributed by atoms with Crippen molar-refractivity contribution in [1.29, 1.82) is 0 Å². The molecule has 1 rings (SSSR count). The molecule has 0 radical (unpaired) electrons. The summed E-state index contributed by atoms with van der Waals surface area (Å²) in [6.45, 7) is 2.17. The molecular weight excluding hydrogens is 210 g/mol. The number of nitrogens with one attached hydrogen (secondary N) is 1. The monoisotopic (exact) mass is 231 g/mol. The zero-order chi connectivity index (χ0) is 11.1. The molecule has 1 fully saturated rings. The quantitative estimate of drug-likeness (QED) is 0.511. The van der Waals surface area contributed by atoms with Crippen molar-refractivity contribution in [2.45, 2.75) is 44.7 Å². The Morgan fingerprint density at radius 1 is 1.53 bits per heavy atom. The van der Waals surface area contributed by atoms with Crippen molar-refractivity contribution >= 4 is 17.7 Å². The first-order chi connectivity index (χ1) is 7.27. The van der Waals surface area contributed by atoms with E-state index in [1.54, 1.807) is 0 Å². The molecule has 0 aromatic heterocycles. The van der Waals surface area contributed by atoms with Gasteiger partial charge < -0.3 is 10.1 Å². The number of hydrogen-bond acceptors (Lipinski definition) is 4. The summed E-state index contributed by atoms with van der Waals surface area (Å²) in [6.07, 6.45) is 4.49. The van der Waals surface area contributed by atoms with E-state index in [1.807, 2.05) is 11.8 Å². The fourth-order valence-electron chi connectivity index (χ4n) is 1.39. The van der Waals surface area contributed by atoms with Gasteiger partial charge in [0.05, 0.1) is 7.11 Å². The van der Waals surface area contributed by atoms with Crippen LogP contribution in [0.1, 0.15) is 32.6 Å². The molecule has 15 heavy (non-hydrogen) atoms. The summed E-state index contributed by atoms with van der Waals surface area (Å²) in [7, 11) is 1.46. The van der Waals surface area contributed by atoms with Gasteiger partial charge in [-0.05, 0) is 37.2 Å². The summed E-state index contributed by atoms with van der Waals surface area (Å²) in [6, 6.07) is 0.470. The van der Waals surface area contributed by atoms with Crippen LogP contribution in [-0.2, 0) is 9.53 Å². The van der Waals surface area contributed by atoms with Crippen LogP contribution >= 0.6 is 11.8 Å². The average Bonchev–Trinajstić information content (AvgIpc) is 3.05. The number of rotatable bonds is 8. The predicted octanol–water partition coefficient (Wildman–Crippen LogP) is 1.81. The van der Waals surface area contributed by atoms with Crippen LogP contribution in [0.5, 0.6) is 0 Å². The Balaban J connectivity index is 2.18. The standard InChI is InChI=1S/C11H21NO2S/c1-3-7-15-8-6-10(11(13)14-2)12-9-4-5-9/h9-10,12H,3-8H2,1-2H3. The van der Waals surface area contributed by atoms with Crippen LogP contribution in [0.15, 0.2) is 0 Å². The van der Waals surface area contributed by atoms with Crippen LogP contribution in [0, 0.1) is 0 Å². The van der Waals surface area contributed by atoms with Crippen LogP contribution in [0.4, 0.5) is 0 Å². The molecule has 1 unspecified atom stereocenters. The van der Waals surface area contributed by atoms with Crippen molar-refractivity contribution in [2.75, 3.05) is 18.6 Å². The molecule has 0 heterocycles. The van der Waals surface area contributed by atoms with Gasteiger partial charge in [-0.1, -0.05) is 6.92 Å². The first kappa shape index (κ1) is 12.8. The second kappa shape index (κ2) is 7.12. The van der Waals surface area contributed by atoms with Gasteiger partial charge in [-0.15, -0.1) is 0 Å². The Kier molecular flexibility index (Phi) is 6.10. The molecule has 0 spiro atoms. The molecule has 0 saturated heterocycles. The maximum absolute atomic E-state index is 11.4. The van der Waals surface area contributed by atoms with E-state index in [-0.39, 0.29) is 12.0 Å². The third-order valence-corrected chi connectivity index (χ3v) is 3.62. The van der Waals surface area contributed by atoms with Crippen molar-refractivity contribution < 1.29 is 9.53 Å². The molecule has 0 aromatic carbocycles. The summed E-state index contributed by atoms with van der Waals surface area (Å²) in [4.78, 5) is 11.4. The highest BCUT2D eigenvalue weighted by Crippen LogP contribution is 2.20. The second-order valence-corrected chi connectivity index (χ2v) is 5.14. The number of hydrogen-bond donors (Lipinski definition) is 1. The lowest BCUT2D eigenvalue weighted by Gasteiger charge is -2.15. The van der Waals surface area contributed by atoms with Gasteiger partial charge in [0.15, 0.2) is 0 Å². The van der Waals surface area contributed by atoms with Gasteiger partial charge in [0.25, 0.3) is 0 Å². The van der Waals surface area contributed by atoms with Crippen molar-refractivity contribution in [1.82, 2.24) is 5.32 Å². The Morgan fingerprint density at radius 3 is 2.80 bits per heavy atom. The Morgan fingerprint density at radius 2 is 2.27 bits per heavy atom. The van der Waals surface area contributed by atoms with Crippen molar-refractivity contribution in [3.05, 3.63) is 0 Å². The third-order valence-electron chi connectivity index (χ3n) is 2.40. The summed E-state index contributed by atoms with van der Waals surface area (Å²) < 4.78 is 4.79. The van der Waals surface area contributed by atoms with Crippen LogP contribution in [0.2, 0.25) is 0 Å². The number of esters is 1. The van der Waals surface area contributed by atoms with Crippen molar-refractivity contribution in [2.24, 2.45) is 0 Å². The Labute approximate surface area is 96.3 Å². The smallest absolute Gasteiger partial charge is 0.322 e. The van der Waals surface area contributed by atoms with Gasteiger partial charge in [0.2, 0.25) is 0 Å². The minimum atomic E-state index is -0.112. The largest absolute Gasteiger partial charge is 0.468 e. The molecule has 1 N–H and O–H groups in total. The fraction of sp³-hybridized carbons (Fsp3) is 0.909. The van der Waals surface area contributed by atoms with E-state index in [4.69, 9.17) is 4.74 Å². The highest BCUT2D eigenvalue weighted by atomic mass is 32.2. The minimum Gasteiger partial charge on any atom is -0.468 e. The van der Waals surface area contributed by atoms with E-state index in [9.17, 15) is 4.79 Å². The van der Waals surface area contributed by atoms with E-state index in [0.717, 1.165) is 12.2 Å². The molecule has 1 saturated carbocycles. The Bertz CT molecular complexity index is 195. The van der Waals surface area contributed by atoms with Crippen LogP contribution < -0.4 is 5.32 Å². The van der Waals surface area contributed by atoms with Gasteiger partial charge in [0.1, 0.15) is 6.04 Å². The average molecular weight is 231 g/mol. The number of carbonyl (C=O) groups is 1. The lowest BCUT2D eigenvalue weighted by molar-refractivity contribution is -0.143. The van der Waals surface area contributed by atoms with Crippen molar-refractivity contribution in [3.8, 4) is 0 Å². The first-order valence-corrected chi connectivity index (χ1v) is 6.85. The molecule has 1 aliphatic carbocycles. The summed E-state index contributed by atoms with van der Waals surface area (Å²) >= 11 is 1.91. The maximum atomic E-state index is 11.4. The van der Waals surface area contributed by atoms with Crippen LogP contribution in [0.25, 0.3) is 0 Å². The lowest BCUT2D eigenvalue weighted by atomic mass is 10.2. The van der Waals surface area contributed by atoms with Crippen LogP contribution in [-0.4, -0.2) is 36.7 Å². The Hall–Kier alpha value is -0.220. The number of thioether (sulfide) groups is 1.